The zero-order chi connectivity index (χ0) is 9.31. The molecule has 0 aromatic carbocycles. The van der Waals surface area contributed by atoms with Gasteiger partial charge < -0.3 is 9.71 Å². The summed E-state index contributed by atoms with van der Waals surface area (Å²) in [6, 6.07) is 0. The first-order valence-electron chi connectivity index (χ1n) is 5.44. The van der Waals surface area contributed by atoms with Gasteiger partial charge in [0.05, 0.1) is 0 Å². The van der Waals surface area contributed by atoms with Gasteiger partial charge in [0.15, 0.2) is 7.98 Å². The van der Waals surface area contributed by atoms with Gasteiger partial charge in [0.25, 0.3) is 0 Å². The SMILES string of the molecule is [B]N1CCCCC12CCCN(C)C2. The smallest absolute Gasteiger partial charge is 0.183 e. The minimum Gasteiger partial charge on any atom is -0.347 e. The van der Waals surface area contributed by atoms with Crippen molar-refractivity contribution in [1.29, 1.82) is 0 Å². The van der Waals surface area contributed by atoms with Crippen LogP contribution in [0.5, 0.6) is 0 Å². The Bertz CT molecular complexity index is 182. The quantitative estimate of drug-likeness (QED) is 0.511. The van der Waals surface area contributed by atoms with Crippen molar-refractivity contribution in [2.24, 2.45) is 0 Å². The summed E-state index contributed by atoms with van der Waals surface area (Å²) in [6.45, 7) is 3.51. The van der Waals surface area contributed by atoms with Crippen LogP contribution in [0, 0.1) is 0 Å². The second-order valence-electron chi connectivity index (χ2n) is 4.72. The molecule has 72 valence electrons. The maximum absolute atomic E-state index is 6.11. The fourth-order valence-electron chi connectivity index (χ4n) is 2.89. The third-order valence-electron chi connectivity index (χ3n) is 3.65. The molecule has 2 aliphatic rings. The van der Waals surface area contributed by atoms with Crippen LogP contribution in [0.25, 0.3) is 0 Å². The van der Waals surface area contributed by atoms with E-state index in [1.807, 2.05) is 0 Å². The molecule has 2 fully saturated rings. The summed E-state index contributed by atoms with van der Waals surface area (Å²) in [5, 5.41) is 0. The summed E-state index contributed by atoms with van der Waals surface area (Å²) in [5.41, 5.74) is 0.325. The van der Waals surface area contributed by atoms with E-state index in [9.17, 15) is 0 Å². The Labute approximate surface area is 82.7 Å². The van der Waals surface area contributed by atoms with Gasteiger partial charge >= 0.3 is 0 Å². The zero-order valence-corrected chi connectivity index (χ0v) is 8.63. The maximum Gasteiger partial charge on any atom is 0.183 e. The van der Waals surface area contributed by atoms with Crippen LogP contribution in [-0.4, -0.2) is 49.9 Å². The lowest BCUT2D eigenvalue weighted by Crippen LogP contribution is -2.59. The van der Waals surface area contributed by atoms with Crippen molar-refractivity contribution in [2.75, 3.05) is 26.7 Å². The van der Waals surface area contributed by atoms with Crippen molar-refractivity contribution >= 4 is 7.98 Å². The van der Waals surface area contributed by atoms with E-state index in [1.165, 1.54) is 45.2 Å². The molecule has 0 N–H and O–H groups in total. The van der Waals surface area contributed by atoms with E-state index in [4.69, 9.17) is 7.98 Å². The molecule has 2 nitrogen and oxygen atoms in total. The predicted molar refractivity (Wildman–Crippen MR) is 55.8 cm³/mol. The van der Waals surface area contributed by atoms with Gasteiger partial charge in [0.2, 0.25) is 0 Å². The molecule has 0 amide bonds. The minimum atomic E-state index is 0.325. The molecule has 2 rings (SSSR count). The number of piperidine rings is 2. The van der Waals surface area contributed by atoms with Crippen molar-refractivity contribution in [1.82, 2.24) is 9.71 Å². The van der Waals surface area contributed by atoms with Crippen molar-refractivity contribution in [3.05, 3.63) is 0 Å². The Balaban J connectivity index is 2.07. The topological polar surface area (TPSA) is 6.48 Å². The van der Waals surface area contributed by atoms with Crippen LogP contribution < -0.4 is 0 Å². The van der Waals surface area contributed by atoms with Gasteiger partial charge in [-0.3, -0.25) is 0 Å². The van der Waals surface area contributed by atoms with Crippen LogP contribution in [0.4, 0.5) is 0 Å². The molecule has 2 aliphatic heterocycles. The average molecular weight is 178 g/mol. The number of hydrogen-bond acceptors (Lipinski definition) is 2. The molecule has 2 heterocycles. The number of hydrogen-bond donors (Lipinski definition) is 0. The summed E-state index contributed by atoms with van der Waals surface area (Å²) in [6.07, 6.45) is 6.55. The molecule has 3 heteroatoms. The highest BCUT2D eigenvalue weighted by Gasteiger charge is 2.38. The number of likely N-dealkylation sites (tertiary alicyclic amines) is 1. The van der Waals surface area contributed by atoms with Crippen LogP contribution in [0.1, 0.15) is 32.1 Å². The van der Waals surface area contributed by atoms with E-state index >= 15 is 0 Å². The van der Waals surface area contributed by atoms with E-state index < -0.39 is 0 Å². The molecule has 13 heavy (non-hydrogen) atoms. The van der Waals surface area contributed by atoms with Crippen molar-refractivity contribution < 1.29 is 0 Å². The maximum atomic E-state index is 6.11. The lowest BCUT2D eigenvalue weighted by Gasteiger charge is -2.51. The van der Waals surface area contributed by atoms with Gasteiger partial charge in [-0.1, -0.05) is 6.42 Å². The largest absolute Gasteiger partial charge is 0.347 e. The lowest BCUT2D eigenvalue weighted by atomic mass is 9.78. The average Bonchev–Trinajstić information content (AvgIpc) is 2.11. The first-order valence-corrected chi connectivity index (χ1v) is 5.44. The molecular weight excluding hydrogens is 159 g/mol. The van der Waals surface area contributed by atoms with Crippen LogP contribution in [-0.2, 0) is 0 Å². The first-order chi connectivity index (χ1) is 6.23. The monoisotopic (exact) mass is 178 g/mol. The molecule has 0 bridgehead atoms. The number of likely N-dealkylation sites (N-methyl/N-ethyl adjacent to an activating group) is 1. The summed E-state index contributed by atoms with van der Waals surface area (Å²) >= 11 is 0. The zero-order valence-electron chi connectivity index (χ0n) is 8.63. The summed E-state index contributed by atoms with van der Waals surface area (Å²) in [4.78, 5) is 4.54. The third kappa shape index (κ3) is 1.77. The second-order valence-corrected chi connectivity index (χ2v) is 4.72. The van der Waals surface area contributed by atoms with E-state index in [0.717, 1.165) is 6.54 Å². The molecule has 1 atom stereocenters. The highest BCUT2D eigenvalue weighted by Crippen LogP contribution is 2.34. The van der Waals surface area contributed by atoms with Crippen LogP contribution in [0.3, 0.4) is 0 Å². The van der Waals surface area contributed by atoms with Crippen molar-refractivity contribution in [3.8, 4) is 0 Å². The molecule has 2 saturated heterocycles. The Kier molecular flexibility index (Phi) is 2.66. The number of rotatable bonds is 0. The Morgan fingerprint density at radius 3 is 2.54 bits per heavy atom. The predicted octanol–water partition coefficient (Wildman–Crippen LogP) is 1.02. The fraction of sp³-hybridized carbons (Fsp3) is 1.00. The second kappa shape index (κ2) is 3.62. The minimum absolute atomic E-state index is 0.325. The molecular formula is C10H19BN2. The molecule has 0 aromatic rings. The fourth-order valence-corrected chi connectivity index (χ4v) is 2.89. The van der Waals surface area contributed by atoms with Gasteiger partial charge in [-0.25, -0.2) is 0 Å². The van der Waals surface area contributed by atoms with E-state index in [1.54, 1.807) is 0 Å². The third-order valence-corrected chi connectivity index (χ3v) is 3.65. The van der Waals surface area contributed by atoms with Gasteiger partial charge in [-0.15, -0.1) is 0 Å². The first kappa shape index (κ1) is 9.54. The van der Waals surface area contributed by atoms with Crippen LogP contribution >= 0.6 is 0 Å². The highest BCUT2D eigenvalue weighted by atomic mass is 15.2. The van der Waals surface area contributed by atoms with Crippen molar-refractivity contribution in [2.45, 2.75) is 37.6 Å². The van der Waals surface area contributed by atoms with E-state index in [-0.39, 0.29) is 0 Å². The summed E-state index contributed by atoms with van der Waals surface area (Å²) < 4.78 is 0. The Morgan fingerprint density at radius 2 is 1.85 bits per heavy atom. The number of nitrogens with zero attached hydrogens (tertiary/aromatic N) is 2. The molecule has 0 saturated carbocycles. The molecule has 0 aromatic heterocycles. The van der Waals surface area contributed by atoms with E-state index in [2.05, 4.69) is 16.8 Å². The van der Waals surface area contributed by atoms with Crippen LogP contribution in [0.2, 0.25) is 0 Å². The van der Waals surface area contributed by atoms with Gasteiger partial charge in [-0.05, 0) is 45.8 Å². The molecule has 0 aliphatic carbocycles. The Hall–Kier alpha value is -0.0151. The molecule has 1 unspecified atom stereocenters. The highest BCUT2D eigenvalue weighted by molar-refractivity contribution is 6.05. The Morgan fingerprint density at radius 1 is 1.08 bits per heavy atom. The molecule has 2 radical (unpaired) electrons. The standard InChI is InChI=1S/C10H19BN2/c1-12-7-4-6-10(9-12)5-2-3-8-13(10)11/h2-9H2,1H3. The van der Waals surface area contributed by atoms with E-state index in [0.29, 0.717) is 5.54 Å². The normalized spacial score (nSPS) is 38.2. The van der Waals surface area contributed by atoms with Gasteiger partial charge in [0.1, 0.15) is 0 Å². The summed E-state index contributed by atoms with van der Waals surface area (Å²) in [5.74, 6) is 0. The van der Waals surface area contributed by atoms with Crippen molar-refractivity contribution in [3.63, 3.8) is 0 Å². The lowest BCUT2D eigenvalue weighted by molar-refractivity contribution is 0.0493. The molecule has 1 spiro atoms. The van der Waals surface area contributed by atoms with Gasteiger partial charge in [-0.2, -0.15) is 0 Å². The summed E-state index contributed by atoms with van der Waals surface area (Å²) in [7, 11) is 8.32. The van der Waals surface area contributed by atoms with Gasteiger partial charge in [0, 0.05) is 12.1 Å². The van der Waals surface area contributed by atoms with Crippen LogP contribution in [0.15, 0.2) is 0 Å².